The lowest BCUT2D eigenvalue weighted by Gasteiger charge is -2.43. The van der Waals surface area contributed by atoms with Gasteiger partial charge in [-0.25, -0.2) is 4.79 Å². The first-order valence-electron chi connectivity index (χ1n) is 12.3. The minimum atomic E-state index is -0.762. The maximum Gasteiger partial charge on any atom is 0.411 e. The number of rotatable bonds is 7. The predicted octanol–water partition coefficient (Wildman–Crippen LogP) is 5.74. The van der Waals surface area contributed by atoms with Crippen molar-refractivity contribution in [3.63, 3.8) is 0 Å². The Morgan fingerprint density at radius 2 is 1.86 bits per heavy atom. The number of hydrogen-bond donors (Lipinski definition) is 0. The molecule has 3 heterocycles. The summed E-state index contributed by atoms with van der Waals surface area (Å²) in [5.41, 5.74) is 3.47. The largest absolute Gasteiger partial charge is 0.438 e. The van der Waals surface area contributed by atoms with Crippen molar-refractivity contribution in [3.05, 3.63) is 101 Å². The molecule has 4 aromatic rings. The highest BCUT2D eigenvalue weighted by molar-refractivity contribution is 5.70. The average Bonchev–Trinajstić information content (AvgIpc) is 3.37. The Kier molecular flexibility index (Phi) is 6.69. The van der Waals surface area contributed by atoms with Crippen LogP contribution in [0.15, 0.2) is 77.3 Å². The van der Waals surface area contributed by atoms with Gasteiger partial charge in [0.25, 0.3) is 0 Å². The molecule has 1 fully saturated rings. The van der Waals surface area contributed by atoms with Gasteiger partial charge in [-0.3, -0.25) is 4.98 Å². The number of nitriles is 1. The van der Waals surface area contributed by atoms with Crippen LogP contribution in [0, 0.1) is 18.3 Å². The smallest absolute Gasteiger partial charge is 0.411 e. The van der Waals surface area contributed by atoms with Crippen LogP contribution in [0.3, 0.4) is 0 Å². The summed E-state index contributed by atoms with van der Waals surface area (Å²) >= 11 is 0. The maximum absolute atomic E-state index is 13.4. The zero-order valence-electron chi connectivity index (χ0n) is 20.8. The molecule has 1 amide bonds. The van der Waals surface area contributed by atoms with Gasteiger partial charge in [0.1, 0.15) is 11.7 Å². The number of hydrogen-bond acceptors (Lipinski definition) is 7. The lowest BCUT2D eigenvalue weighted by molar-refractivity contribution is -0.0660. The van der Waals surface area contributed by atoms with Crippen LogP contribution in [0.2, 0.25) is 0 Å². The predicted molar refractivity (Wildman–Crippen MR) is 136 cm³/mol. The SMILES string of the molecule is Cc1nnc(CCC2(c3ccccc3)CCN(C(C)c3ccc(-c4ccc(C#N)cn4)cc3)C(=O)O2)o1. The van der Waals surface area contributed by atoms with Crippen LogP contribution in [-0.2, 0) is 16.8 Å². The number of cyclic esters (lactones) is 1. The molecule has 2 aromatic heterocycles. The van der Waals surface area contributed by atoms with E-state index in [1.165, 1.54) is 0 Å². The summed E-state index contributed by atoms with van der Waals surface area (Å²) in [6, 6.07) is 23.3. The summed E-state index contributed by atoms with van der Waals surface area (Å²) in [6.07, 6.45) is 2.94. The fourth-order valence-corrected chi connectivity index (χ4v) is 4.78. The summed E-state index contributed by atoms with van der Waals surface area (Å²) in [5, 5.41) is 17.0. The Bertz CT molecular complexity index is 1410. The molecule has 0 aliphatic carbocycles. The molecule has 0 spiro atoms. The van der Waals surface area contributed by atoms with E-state index in [0.717, 1.165) is 22.4 Å². The lowest BCUT2D eigenvalue weighted by Crippen LogP contribution is -2.49. The first kappa shape index (κ1) is 24.2. The number of pyridine rings is 1. The van der Waals surface area contributed by atoms with Gasteiger partial charge >= 0.3 is 6.09 Å². The standard InChI is InChI=1S/C29H27N5O3/c1-20(23-9-11-24(12-10-23)26-13-8-22(18-30)19-31-26)34-17-16-29(37-28(34)35,25-6-4-3-5-7-25)15-14-27-33-32-21(2)36-27/h3-13,19-20H,14-17H2,1-2H3. The van der Waals surface area contributed by atoms with Crippen LogP contribution < -0.4 is 0 Å². The van der Waals surface area contributed by atoms with Gasteiger partial charge in [0.05, 0.1) is 17.3 Å². The van der Waals surface area contributed by atoms with Crippen LogP contribution in [-0.4, -0.2) is 32.7 Å². The third-order valence-electron chi connectivity index (χ3n) is 6.93. The van der Waals surface area contributed by atoms with Crippen molar-refractivity contribution in [2.75, 3.05) is 6.54 Å². The molecule has 37 heavy (non-hydrogen) atoms. The molecule has 186 valence electrons. The van der Waals surface area contributed by atoms with E-state index in [1.807, 2.05) is 67.6 Å². The fourth-order valence-electron chi connectivity index (χ4n) is 4.78. The average molecular weight is 494 g/mol. The van der Waals surface area contributed by atoms with Gasteiger partial charge in [-0.1, -0.05) is 54.6 Å². The summed E-state index contributed by atoms with van der Waals surface area (Å²) in [6.45, 7) is 4.32. The first-order chi connectivity index (χ1) is 18.0. The monoisotopic (exact) mass is 493 g/mol. The quantitative estimate of drug-likeness (QED) is 0.323. The maximum atomic E-state index is 13.4. The van der Waals surface area contributed by atoms with Gasteiger partial charge in [-0.15, -0.1) is 10.2 Å². The summed E-state index contributed by atoms with van der Waals surface area (Å²) in [4.78, 5) is 19.5. The van der Waals surface area contributed by atoms with Crippen LogP contribution in [0.4, 0.5) is 4.79 Å². The van der Waals surface area contributed by atoms with Crippen LogP contribution >= 0.6 is 0 Å². The molecule has 2 aromatic carbocycles. The highest BCUT2D eigenvalue weighted by Crippen LogP contribution is 2.40. The third-order valence-corrected chi connectivity index (χ3v) is 6.93. The van der Waals surface area contributed by atoms with Crippen LogP contribution in [0.1, 0.15) is 54.3 Å². The number of benzene rings is 2. The Morgan fingerprint density at radius 3 is 2.49 bits per heavy atom. The second kappa shape index (κ2) is 10.2. The van der Waals surface area contributed by atoms with Gasteiger partial charge in [-0.2, -0.15) is 5.26 Å². The Morgan fingerprint density at radius 1 is 1.08 bits per heavy atom. The van der Waals surface area contributed by atoms with Gasteiger partial charge in [0.15, 0.2) is 0 Å². The third kappa shape index (κ3) is 5.07. The second-order valence-electron chi connectivity index (χ2n) is 9.23. The number of amides is 1. The highest BCUT2D eigenvalue weighted by atomic mass is 16.6. The van der Waals surface area contributed by atoms with Crippen molar-refractivity contribution in [1.82, 2.24) is 20.1 Å². The van der Waals surface area contributed by atoms with E-state index in [9.17, 15) is 4.79 Å². The second-order valence-corrected chi connectivity index (χ2v) is 9.23. The Balaban J connectivity index is 1.32. The van der Waals surface area contributed by atoms with Crippen molar-refractivity contribution < 1.29 is 13.9 Å². The Hall–Kier alpha value is -4.51. The topological polar surface area (TPSA) is 105 Å². The highest BCUT2D eigenvalue weighted by Gasteiger charge is 2.43. The molecule has 8 heteroatoms. The number of carbonyl (C=O) groups is 1. The van der Waals surface area contributed by atoms with E-state index < -0.39 is 5.60 Å². The molecule has 1 saturated heterocycles. The van der Waals surface area contributed by atoms with Crippen molar-refractivity contribution in [3.8, 4) is 17.3 Å². The summed E-state index contributed by atoms with van der Waals surface area (Å²) in [7, 11) is 0. The number of ether oxygens (including phenoxy) is 1. The molecule has 0 saturated carbocycles. The number of aryl methyl sites for hydroxylation is 2. The molecule has 0 radical (unpaired) electrons. The fraction of sp³-hybridized carbons (Fsp3) is 0.276. The van der Waals surface area contributed by atoms with E-state index in [0.29, 0.717) is 43.2 Å². The van der Waals surface area contributed by atoms with Crippen molar-refractivity contribution in [1.29, 1.82) is 5.26 Å². The minimum absolute atomic E-state index is 0.164. The van der Waals surface area contributed by atoms with E-state index in [2.05, 4.69) is 21.3 Å². The summed E-state index contributed by atoms with van der Waals surface area (Å²) in [5.74, 6) is 1.06. The van der Waals surface area contributed by atoms with Crippen molar-refractivity contribution in [2.24, 2.45) is 0 Å². The lowest BCUT2D eigenvalue weighted by atomic mass is 9.84. The molecular formula is C29H27N5O3. The first-order valence-corrected chi connectivity index (χ1v) is 12.3. The molecule has 0 N–H and O–H groups in total. The van der Waals surface area contributed by atoms with Crippen LogP contribution in [0.5, 0.6) is 0 Å². The number of nitrogens with zero attached hydrogens (tertiary/aromatic N) is 5. The van der Waals surface area contributed by atoms with Gasteiger partial charge in [-0.05, 0) is 30.2 Å². The van der Waals surface area contributed by atoms with E-state index in [1.54, 1.807) is 24.1 Å². The normalized spacial score (nSPS) is 18.2. The zero-order valence-corrected chi connectivity index (χ0v) is 20.8. The minimum Gasteiger partial charge on any atom is -0.438 e. The van der Waals surface area contributed by atoms with Crippen molar-refractivity contribution >= 4 is 6.09 Å². The number of aromatic nitrogens is 3. The van der Waals surface area contributed by atoms with E-state index >= 15 is 0 Å². The molecule has 8 nitrogen and oxygen atoms in total. The summed E-state index contributed by atoms with van der Waals surface area (Å²) < 4.78 is 11.8. The van der Waals surface area contributed by atoms with Crippen LogP contribution in [0.25, 0.3) is 11.3 Å². The molecular weight excluding hydrogens is 466 g/mol. The van der Waals surface area contributed by atoms with Gasteiger partial charge in [0, 0.05) is 44.5 Å². The molecule has 5 rings (SSSR count). The van der Waals surface area contributed by atoms with Gasteiger partial charge < -0.3 is 14.1 Å². The molecule has 1 aliphatic heterocycles. The molecule has 0 bridgehead atoms. The molecule has 2 atom stereocenters. The van der Waals surface area contributed by atoms with E-state index in [-0.39, 0.29) is 12.1 Å². The zero-order chi connectivity index (χ0) is 25.8. The molecule has 1 aliphatic rings. The molecule has 2 unspecified atom stereocenters. The van der Waals surface area contributed by atoms with Crippen molar-refractivity contribution in [2.45, 2.75) is 44.8 Å². The van der Waals surface area contributed by atoms with Gasteiger partial charge in [0.2, 0.25) is 11.8 Å². The Labute approximate surface area is 215 Å². The van der Waals surface area contributed by atoms with E-state index in [4.69, 9.17) is 14.4 Å². The number of carbonyl (C=O) groups excluding carboxylic acids is 1.